The Hall–Kier alpha value is -5.10. The molecule has 0 amide bonds. The highest BCUT2D eigenvalue weighted by Crippen LogP contribution is 2.39. The van der Waals surface area contributed by atoms with Crippen molar-refractivity contribution in [2.45, 2.75) is 38.9 Å². The smallest absolute Gasteiger partial charge is 0.399 e. The van der Waals surface area contributed by atoms with E-state index in [0.29, 0.717) is 0 Å². The van der Waals surface area contributed by atoms with Crippen LogP contribution in [0.4, 0.5) is 0 Å². The van der Waals surface area contributed by atoms with Crippen LogP contribution in [0.3, 0.4) is 0 Å². The Labute approximate surface area is 274 Å². The first-order valence-corrected chi connectivity index (χ1v) is 16.4. The summed E-state index contributed by atoms with van der Waals surface area (Å²) in [6.07, 6.45) is 0. The first-order valence-electron chi connectivity index (χ1n) is 16.4. The normalized spacial score (nSPS) is 15.8. The highest BCUT2D eigenvalue weighted by molar-refractivity contribution is 6.62. The van der Waals surface area contributed by atoms with Gasteiger partial charge in [0.2, 0.25) is 0 Å². The lowest BCUT2D eigenvalue weighted by Crippen LogP contribution is -2.41. The zero-order valence-corrected chi connectivity index (χ0v) is 27.1. The van der Waals surface area contributed by atoms with Gasteiger partial charge in [0.15, 0.2) is 0 Å². The van der Waals surface area contributed by atoms with Crippen molar-refractivity contribution in [2.24, 2.45) is 0 Å². The standard InChI is InChI=1S/C42H35BN2O2/c1-41(2)42(3,4)47-43(46-41)30-13-12-16-32(27-30)45-37-19-10-8-17-33(37)35-23-21-29(26-40(35)45)28-22-24-39-36(25-28)34-18-9-11-20-38(34)44(39)31-14-6-5-7-15-31/h5-27H,1-4H3. The van der Waals surface area contributed by atoms with Crippen molar-refractivity contribution in [3.05, 3.63) is 140 Å². The van der Waals surface area contributed by atoms with Crippen molar-refractivity contribution in [1.29, 1.82) is 0 Å². The van der Waals surface area contributed by atoms with Crippen molar-refractivity contribution in [3.63, 3.8) is 0 Å². The Balaban J connectivity index is 1.21. The molecule has 3 heterocycles. The van der Waals surface area contributed by atoms with Gasteiger partial charge in [-0.1, -0.05) is 84.9 Å². The molecule has 0 spiro atoms. The summed E-state index contributed by atoms with van der Waals surface area (Å²) in [6.45, 7) is 8.40. The molecule has 1 aliphatic rings. The summed E-state index contributed by atoms with van der Waals surface area (Å²) in [5.41, 5.74) is 9.60. The summed E-state index contributed by atoms with van der Waals surface area (Å²) in [6, 6.07) is 50.3. The molecule has 0 bridgehead atoms. The van der Waals surface area contributed by atoms with Gasteiger partial charge in [-0.2, -0.15) is 0 Å². The number of benzene rings is 6. The maximum absolute atomic E-state index is 6.44. The molecule has 1 saturated heterocycles. The minimum atomic E-state index is -0.423. The van der Waals surface area contributed by atoms with Crippen LogP contribution in [0.25, 0.3) is 66.1 Å². The van der Waals surface area contributed by atoms with Gasteiger partial charge >= 0.3 is 7.12 Å². The van der Waals surface area contributed by atoms with E-state index in [1.165, 1.54) is 60.4 Å². The predicted octanol–water partition coefficient (Wildman–Crippen LogP) is 9.85. The van der Waals surface area contributed by atoms with Crippen molar-refractivity contribution >= 4 is 56.2 Å². The van der Waals surface area contributed by atoms with E-state index in [1.54, 1.807) is 0 Å². The van der Waals surface area contributed by atoms with Crippen LogP contribution in [0.15, 0.2) is 140 Å². The molecule has 9 rings (SSSR count). The van der Waals surface area contributed by atoms with Crippen LogP contribution in [0.1, 0.15) is 27.7 Å². The second-order valence-electron chi connectivity index (χ2n) is 13.7. The molecule has 1 aliphatic heterocycles. The van der Waals surface area contributed by atoms with Crippen molar-refractivity contribution < 1.29 is 9.31 Å². The van der Waals surface area contributed by atoms with E-state index < -0.39 is 18.3 Å². The van der Waals surface area contributed by atoms with Crippen LogP contribution in [-0.2, 0) is 9.31 Å². The molecule has 4 nitrogen and oxygen atoms in total. The molecule has 0 unspecified atom stereocenters. The van der Waals surface area contributed by atoms with Gasteiger partial charge in [0, 0.05) is 32.9 Å². The number of nitrogens with zero attached hydrogens (tertiary/aromatic N) is 2. The van der Waals surface area contributed by atoms with E-state index in [2.05, 4.69) is 176 Å². The maximum Gasteiger partial charge on any atom is 0.494 e. The minimum absolute atomic E-state index is 0.399. The average Bonchev–Trinajstić information content (AvgIpc) is 3.68. The van der Waals surface area contributed by atoms with Crippen molar-refractivity contribution in [3.8, 4) is 22.5 Å². The molecule has 2 aromatic heterocycles. The number of fused-ring (bicyclic) bond motifs is 6. The molecule has 0 aliphatic carbocycles. The summed E-state index contributed by atoms with van der Waals surface area (Å²) in [4.78, 5) is 0. The van der Waals surface area contributed by atoms with Gasteiger partial charge in [-0.25, -0.2) is 0 Å². The zero-order chi connectivity index (χ0) is 31.9. The zero-order valence-electron chi connectivity index (χ0n) is 27.1. The Morgan fingerprint density at radius 3 is 1.68 bits per heavy atom. The van der Waals surface area contributed by atoms with Gasteiger partial charge in [-0.05, 0) is 98.9 Å². The lowest BCUT2D eigenvalue weighted by atomic mass is 9.79. The van der Waals surface area contributed by atoms with Gasteiger partial charge in [0.1, 0.15) is 0 Å². The monoisotopic (exact) mass is 610 g/mol. The number of hydrogen-bond acceptors (Lipinski definition) is 2. The second kappa shape index (κ2) is 10.2. The number of hydrogen-bond donors (Lipinski definition) is 0. The molecule has 6 aromatic carbocycles. The largest absolute Gasteiger partial charge is 0.494 e. The molecule has 8 aromatic rings. The summed E-state index contributed by atoms with van der Waals surface area (Å²) >= 11 is 0. The lowest BCUT2D eigenvalue weighted by Gasteiger charge is -2.32. The van der Waals surface area contributed by atoms with Gasteiger partial charge in [-0.3, -0.25) is 0 Å². The van der Waals surface area contributed by atoms with Crippen molar-refractivity contribution in [1.82, 2.24) is 9.13 Å². The summed E-state index contributed by atoms with van der Waals surface area (Å²) in [5, 5.41) is 4.96. The Morgan fingerprint density at radius 1 is 0.426 bits per heavy atom. The third-order valence-electron chi connectivity index (χ3n) is 10.3. The molecule has 1 fully saturated rings. The molecule has 0 radical (unpaired) electrons. The van der Waals surface area contributed by atoms with E-state index in [9.17, 15) is 0 Å². The first-order chi connectivity index (χ1) is 22.8. The fraction of sp³-hybridized carbons (Fsp3) is 0.143. The third kappa shape index (κ3) is 4.31. The molecule has 5 heteroatoms. The topological polar surface area (TPSA) is 28.3 Å². The maximum atomic E-state index is 6.44. The summed E-state index contributed by atoms with van der Waals surface area (Å²) in [5.74, 6) is 0. The van der Waals surface area contributed by atoms with Crippen LogP contribution in [0.2, 0.25) is 0 Å². The van der Waals surface area contributed by atoms with Crippen LogP contribution >= 0.6 is 0 Å². The molecule has 47 heavy (non-hydrogen) atoms. The number of aromatic nitrogens is 2. The molecular weight excluding hydrogens is 575 g/mol. The van der Waals surface area contributed by atoms with Crippen LogP contribution in [0, 0.1) is 0 Å². The molecule has 0 atom stereocenters. The van der Waals surface area contributed by atoms with Crippen molar-refractivity contribution in [2.75, 3.05) is 0 Å². The van der Waals surface area contributed by atoms with Crippen LogP contribution in [-0.4, -0.2) is 27.5 Å². The van der Waals surface area contributed by atoms with E-state index in [-0.39, 0.29) is 0 Å². The van der Waals surface area contributed by atoms with Gasteiger partial charge in [0.05, 0.1) is 33.3 Å². The molecular formula is C42H35BN2O2. The number of rotatable bonds is 4. The van der Waals surface area contributed by atoms with Crippen LogP contribution in [0.5, 0.6) is 0 Å². The quantitative estimate of drug-likeness (QED) is 0.186. The van der Waals surface area contributed by atoms with E-state index >= 15 is 0 Å². The first kappa shape index (κ1) is 28.2. The Kier molecular flexibility index (Phi) is 6.11. The molecule has 0 N–H and O–H groups in total. The van der Waals surface area contributed by atoms with Gasteiger partial charge < -0.3 is 18.4 Å². The highest BCUT2D eigenvalue weighted by atomic mass is 16.7. The SMILES string of the molecule is CC1(C)OB(c2cccc(-n3c4ccccc4c4ccc(-c5ccc6c(c5)c5ccccc5n6-c5ccccc5)cc43)c2)OC1(C)C. The fourth-order valence-corrected chi connectivity index (χ4v) is 7.23. The Bertz CT molecular complexity index is 2470. The van der Waals surface area contributed by atoms with Gasteiger partial charge in [-0.15, -0.1) is 0 Å². The van der Waals surface area contributed by atoms with E-state index in [1.807, 2.05) is 0 Å². The fourth-order valence-electron chi connectivity index (χ4n) is 7.23. The summed E-state index contributed by atoms with van der Waals surface area (Å²) < 4.78 is 17.6. The van der Waals surface area contributed by atoms with Gasteiger partial charge in [0.25, 0.3) is 0 Å². The van der Waals surface area contributed by atoms with Crippen LogP contribution < -0.4 is 5.46 Å². The highest BCUT2D eigenvalue weighted by Gasteiger charge is 2.51. The Morgan fingerprint density at radius 2 is 0.957 bits per heavy atom. The average molecular weight is 611 g/mol. The summed E-state index contributed by atoms with van der Waals surface area (Å²) in [7, 11) is -0.423. The lowest BCUT2D eigenvalue weighted by molar-refractivity contribution is 0.00578. The minimum Gasteiger partial charge on any atom is -0.399 e. The predicted molar refractivity (Wildman–Crippen MR) is 196 cm³/mol. The molecule has 0 saturated carbocycles. The second-order valence-corrected chi connectivity index (χ2v) is 13.7. The molecule has 228 valence electrons. The van der Waals surface area contributed by atoms with E-state index in [0.717, 1.165) is 11.2 Å². The third-order valence-corrected chi connectivity index (χ3v) is 10.3. The number of para-hydroxylation sites is 3. The van der Waals surface area contributed by atoms with E-state index in [4.69, 9.17) is 9.31 Å².